The summed E-state index contributed by atoms with van der Waals surface area (Å²) >= 11 is 0. The molecule has 3 aromatic rings. The van der Waals surface area contributed by atoms with Crippen molar-refractivity contribution in [1.29, 1.82) is 0 Å². The van der Waals surface area contributed by atoms with Gasteiger partial charge in [0.1, 0.15) is 0 Å². The minimum absolute atomic E-state index is 0.0121. The highest BCUT2D eigenvalue weighted by Crippen LogP contribution is 2.29. The summed E-state index contributed by atoms with van der Waals surface area (Å²) in [7, 11) is -3.87. The van der Waals surface area contributed by atoms with Crippen LogP contribution in [0.3, 0.4) is 0 Å². The molecule has 0 spiro atoms. The number of hydrogen-bond donors (Lipinski definition) is 0. The van der Waals surface area contributed by atoms with E-state index in [2.05, 4.69) is 4.98 Å². The average molecular weight is 407 g/mol. The van der Waals surface area contributed by atoms with Gasteiger partial charge in [-0.05, 0) is 35.4 Å². The largest absolute Gasteiger partial charge is 0.417 e. The number of hydrogen-bond acceptors (Lipinski definition) is 4. The lowest BCUT2D eigenvalue weighted by Crippen LogP contribution is -2.12. The molecule has 0 saturated heterocycles. The minimum Gasteiger partial charge on any atom is -0.294 e. The summed E-state index contributed by atoms with van der Waals surface area (Å²) in [4.78, 5) is 15.7. The van der Waals surface area contributed by atoms with Crippen molar-refractivity contribution in [3.63, 3.8) is 0 Å². The zero-order valence-electron chi connectivity index (χ0n) is 14.6. The number of Topliss-reactive ketones (excluding diaryl/α,β-unsaturated/α-hetero) is 1. The molecule has 0 atom stereocenters. The number of aromatic nitrogens is 1. The lowest BCUT2D eigenvalue weighted by atomic mass is 10.0. The molecule has 0 bridgehead atoms. The van der Waals surface area contributed by atoms with E-state index in [1.807, 2.05) is 30.3 Å². The Hall–Kier alpha value is -2.74. The predicted octanol–water partition coefficient (Wildman–Crippen LogP) is 4.69. The van der Waals surface area contributed by atoms with Crippen LogP contribution in [0.25, 0.3) is 10.8 Å². The molecular weight excluding hydrogens is 391 g/mol. The molecule has 0 saturated carbocycles. The molecule has 0 amide bonds. The van der Waals surface area contributed by atoms with Crippen molar-refractivity contribution in [1.82, 2.24) is 4.98 Å². The molecule has 28 heavy (non-hydrogen) atoms. The van der Waals surface area contributed by atoms with Crippen molar-refractivity contribution in [2.75, 3.05) is 5.75 Å². The number of nitrogens with zero attached hydrogens (tertiary/aromatic N) is 1. The van der Waals surface area contributed by atoms with Crippen LogP contribution in [0.4, 0.5) is 13.2 Å². The van der Waals surface area contributed by atoms with E-state index in [4.69, 9.17) is 0 Å². The Morgan fingerprint density at radius 3 is 2.32 bits per heavy atom. The number of benzene rings is 2. The third kappa shape index (κ3) is 4.56. The van der Waals surface area contributed by atoms with E-state index in [0.717, 1.165) is 16.8 Å². The Bertz CT molecular complexity index is 1110. The van der Waals surface area contributed by atoms with Gasteiger partial charge in [0.15, 0.2) is 20.6 Å². The average Bonchev–Trinajstić information content (AvgIpc) is 2.67. The second-order valence-electron chi connectivity index (χ2n) is 6.29. The van der Waals surface area contributed by atoms with Crippen molar-refractivity contribution in [3.8, 4) is 0 Å². The van der Waals surface area contributed by atoms with Crippen LogP contribution in [0.15, 0.2) is 65.8 Å². The maximum Gasteiger partial charge on any atom is 0.417 e. The van der Waals surface area contributed by atoms with Crippen molar-refractivity contribution in [2.24, 2.45) is 0 Å². The van der Waals surface area contributed by atoms with Crippen molar-refractivity contribution >= 4 is 26.4 Å². The molecule has 0 aliphatic rings. The zero-order valence-corrected chi connectivity index (χ0v) is 15.4. The van der Waals surface area contributed by atoms with Crippen LogP contribution >= 0.6 is 0 Å². The smallest absolute Gasteiger partial charge is 0.294 e. The lowest BCUT2D eigenvalue weighted by molar-refractivity contribution is -0.137. The van der Waals surface area contributed by atoms with Gasteiger partial charge in [-0.15, -0.1) is 0 Å². The molecule has 3 rings (SSSR count). The molecule has 0 aliphatic heterocycles. The first-order valence-corrected chi connectivity index (χ1v) is 10.1. The number of fused-ring (bicyclic) bond motifs is 1. The summed E-state index contributed by atoms with van der Waals surface area (Å²) in [5.41, 5.74) is -0.526. The third-order valence-corrected chi connectivity index (χ3v) is 5.98. The Morgan fingerprint density at radius 1 is 0.964 bits per heavy atom. The fourth-order valence-corrected chi connectivity index (χ4v) is 3.99. The van der Waals surface area contributed by atoms with Gasteiger partial charge in [-0.25, -0.2) is 13.4 Å². The topological polar surface area (TPSA) is 64.1 Å². The molecule has 0 fully saturated rings. The van der Waals surface area contributed by atoms with E-state index in [1.54, 1.807) is 12.1 Å². The Balaban J connectivity index is 1.63. The number of pyridine rings is 1. The number of carbonyl (C=O) groups is 1. The Kier molecular flexibility index (Phi) is 5.51. The van der Waals surface area contributed by atoms with E-state index in [1.165, 1.54) is 0 Å². The molecular formula is C20H16F3NO3S. The van der Waals surface area contributed by atoms with Crippen molar-refractivity contribution in [2.45, 2.75) is 24.0 Å². The van der Waals surface area contributed by atoms with Crippen molar-refractivity contribution < 1.29 is 26.4 Å². The fraction of sp³-hybridized carbons (Fsp3) is 0.200. The van der Waals surface area contributed by atoms with Crippen LogP contribution in [-0.2, 0) is 16.0 Å². The molecule has 4 nitrogen and oxygen atoms in total. The van der Waals surface area contributed by atoms with E-state index >= 15 is 0 Å². The molecule has 0 radical (unpaired) electrons. The first-order chi connectivity index (χ1) is 13.2. The van der Waals surface area contributed by atoms with E-state index < -0.39 is 26.6 Å². The van der Waals surface area contributed by atoms with Crippen LogP contribution in [0.1, 0.15) is 28.8 Å². The lowest BCUT2D eigenvalue weighted by Gasteiger charge is -2.08. The van der Waals surface area contributed by atoms with Crippen LogP contribution in [0.5, 0.6) is 0 Å². The first-order valence-electron chi connectivity index (χ1n) is 8.45. The van der Waals surface area contributed by atoms with Gasteiger partial charge in [0.2, 0.25) is 0 Å². The Labute approximate surface area is 159 Å². The number of ketones is 1. The standard InChI is InChI=1S/C20H16F3NO3S/c21-20(22,23)17-9-10-19(24-13-17)28(26,27)11-3-6-18(25)16-8-7-14-4-1-2-5-15(14)12-16/h1-2,4-5,7-10,12-13H,3,6,11H2. The van der Waals surface area contributed by atoms with E-state index in [9.17, 15) is 26.4 Å². The SMILES string of the molecule is O=C(CCCS(=O)(=O)c1ccc(C(F)(F)F)cn1)c1ccc2ccccc2c1. The number of carbonyl (C=O) groups excluding carboxylic acids is 1. The molecule has 0 aliphatic carbocycles. The number of halogens is 3. The molecule has 2 aromatic carbocycles. The second-order valence-corrected chi connectivity index (χ2v) is 8.35. The zero-order chi connectivity index (χ0) is 20.4. The maximum absolute atomic E-state index is 12.5. The summed E-state index contributed by atoms with van der Waals surface area (Å²) in [5, 5.41) is 1.48. The third-order valence-electron chi connectivity index (χ3n) is 4.27. The normalized spacial score (nSPS) is 12.2. The summed E-state index contributed by atoms with van der Waals surface area (Å²) in [5.74, 6) is -0.564. The molecule has 1 heterocycles. The predicted molar refractivity (Wildman–Crippen MR) is 98.8 cm³/mol. The van der Waals surface area contributed by atoms with Crippen molar-refractivity contribution in [3.05, 3.63) is 71.9 Å². The van der Waals surface area contributed by atoms with Crippen LogP contribution in [-0.4, -0.2) is 24.9 Å². The van der Waals surface area contributed by atoms with Gasteiger partial charge < -0.3 is 0 Å². The molecule has 0 unspecified atom stereocenters. The minimum atomic E-state index is -4.58. The van der Waals surface area contributed by atoms with Gasteiger partial charge in [0, 0.05) is 18.2 Å². The first kappa shape index (κ1) is 20.0. The van der Waals surface area contributed by atoms with Crippen LogP contribution < -0.4 is 0 Å². The second kappa shape index (κ2) is 7.71. The summed E-state index contributed by atoms with van der Waals surface area (Å²) in [6.45, 7) is 0. The monoisotopic (exact) mass is 407 g/mol. The highest BCUT2D eigenvalue weighted by molar-refractivity contribution is 7.91. The van der Waals surface area contributed by atoms with Crippen LogP contribution in [0, 0.1) is 0 Å². The summed E-state index contributed by atoms with van der Waals surface area (Å²) in [6.07, 6.45) is -4.02. The van der Waals surface area contributed by atoms with Gasteiger partial charge in [-0.1, -0.05) is 36.4 Å². The molecule has 1 aromatic heterocycles. The maximum atomic E-state index is 12.5. The van der Waals surface area contributed by atoms with Gasteiger partial charge in [-0.2, -0.15) is 13.2 Å². The molecule has 0 N–H and O–H groups in total. The van der Waals surface area contributed by atoms with Gasteiger partial charge in [-0.3, -0.25) is 4.79 Å². The van der Waals surface area contributed by atoms with Gasteiger partial charge in [0.25, 0.3) is 0 Å². The van der Waals surface area contributed by atoms with Crippen LogP contribution in [0.2, 0.25) is 0 Å². The number of sulfone groups is 1. The van der Waals surface area contributed by atoms with Gasteiger partial charge >= 0.3 is 6.18 Å². The number of rotatable bonds is 6. The van der Waals surface area contributed by atoms with Gasteiger partial charge in [0.05, 0.1) is 11.3 Å². The summed E-state index contributed by atoms with van der Waals surface area (Å²) < 4.78 is 62.1. The highest BCUT2D eigenvalue weighted by Gasteiger charge is 2.31. The summed E-state index contributed by atoms with van der Waals surface area (Å²) in [6, 6.07) is 14.3. The molecule has 8 heteroatoms. The quantitative estimate of drug-likeness (QED) is 0.556. The highest BCUT2D eigenvalue weighted by atomic mass is 32.2. The van der Waals surface area contributed by atoms with E-state index in [0.29, 0.717) is 17.8 Å². The Morgan fingerprint density at radius 2 is 1.68 bits per heavy atom. The van der Waals surface area contributed by atoms with E-state index in [-0.39, 0.29) is 24.4 Å². The fourth-order valence-electron chi connectivity index (χ4n) is 2.77. The number of alkyl halides is 3. The molecule has 146 valence electrons.